The quantitative estimate of drug-likeness (QED) is 0.372. The van der Waals surface area contributed by atoms with Crippen LogP contribution in [0.5, 0.6) is 0 Å². The number of aliphatic hydroxyl groups excluding tert-OH is 1. The summed E-state index contributed by atoms with van der Waals surface area (Å²) in [5.41, 5.74) is 0. The minimum absolute atomic E-state index is 0.0355. The Labute approximate surface area is 51.3 Å². The Morgan fingerprint density at radius 3 is 2.43 bits per heavy atom. The van der Waals surface area contributed by atoms with Crippen molar-refractivity contribution in [1.29, 1.82) is 0 Å². The predicted octanol–water partition coefficient (Wildman–Crippen LogP) is -1.63. The van der Waals surface area contributed by atoms with Crippen LogP contribution in [-0.2, 0) is 0 Å². The number of aliphatic hydroxyl groups is 1. The van der Waals surface area contributed by atoms with Gasteiger partial charge in [0.05, 0.1) is 6.10 Å². The van der Waals surface area contributed by atoms with Gasteiger partial charge in [0.2, 0.25) is 16.3 Å². The fraction of sp³-hybridized carbons (Fsp3) is 1.00. The molecule has 2 atom stereocenters. The molecule has 0 amide bonds. The summed E-state index contributed by atoms with van der Waals surface area (Å²) in [5, 5.41) is 12.1. The average Bonchev–Trinajstić information content (AvgIpc) is 1.91. The average molecular weight is 115 g/mol. The maximum atomic E-state index is 8.97. The van der Waals surface area contributed by atoms with E-state index >= 15 is 0 Å². The van der Waals surface area contributed by atoms with Crippen LogP contribution in [0.1, 0.15) is 0 Å². The molecule has 1 fully saturated rings. The zero-order valence-corrected chi connectivity index (χ0v) is 6.52. The first-order valence-corrected chi connectivity index (χ1v) is 3.85. The molecule has 1 aliphatic heterocycles. The second kappa shape index (κ2) is 2.15. The van der Waals surface area contributed by atoms with Crippen molar-refractivity contribution in [1.82, 2.24) is 5.32 Å². The molecule has 0 radical (unpaired) electrons. The smallest absolute Gasteiger partial charge is 0.222 e. The lowest BCUT2D eigenvalue weighted by Gasteiger charge is -2.02. The Hall–Kier alpha value is 0.452. The van der Waals surface area contributed by atoms with Crippen LogP contribution in [-0.4, -0.2) is 40.6 Å². The van der Waals surface area contributed by atoms with Crippen LogP contribution in [0.4, 0.5) is 0 Å². The zero-order chi connectivity index (χ0) is 5.28. The lowest BCUT2D eigenvalue weighted by molar-refractivity contribution is 0.197. The fourth-order valence-electron chi connectivity index (χ4n) is 0.796. The van der Waals surface area contributed by atoms with Gasteiger partial charge >= 0.3 is 0 Å². The Morgan fingerprint density at radius 2 is 2.29 bits per heavy atom. The van der Waals surface area contributed by atoms with E-state index in [0.29, 0.717) is 4.78 Å². The molecule has 0 bridgehead atoms. The molecule has 1 rings (SSSR count). The van der Waals surface area contributed by atoms with Crippen LogP contribution >= 0.6 is 0 Å². The summed E-state index contributed by atoms with van der Waals surface area (Å²) in [6.07, 6.45) is -0.0355. The third-order valence-corrected chi connectivity index (χ3v) is 2.65. The molecule has 0 aromatic heterocycles. The zero-order valence-electron chi connectivity index (χ0n) is 4.52. The molecule has 7 heavy (non-hydrogen) atoms. The number of β-amino-alcohol motifs (C(OH)–C–C–N with tert-alkyl or cyclic N) is 1. The minimum Gasteiger partial charge on any atom is -0.393 e. The van der Waals surface area contributed by atoms with Crippen molar-refractivity contribution in [2.45, 2.75) is 10.9 Å². The van der Waals surface area contributed by atoms with Gasteiger partial charge < -0.3 is 10.4 Å². The Balaban J connectivity index is 2.33. The van der Waals surface area contributed by atoms with E-state index in [1.165, 1.54) is 0 Å². The van der Waals surface area contributed by atoms with Gasteiger partial charge in [0.25, 0.3) is 0 Å². The normalized spacial score (nSPS) is 41.9. The first-order valence-electron chi connectivity index (χ1n) is 2.69. The monoisotopic (exact) mass is 115 g/mol. The van der Waals surface area contributed by atoms with Gasteiger partial charge in [-0.2, -0.15) is 0 Å². The Morgan fingerprint density at radius 1 is 1.57 bits per heavy atom. The van der Waals surface area contributed by atoms with Crippen LogP contribution in [0.25, 0.3) is 0 Å². The maximum Gasteiger partial charge on any atom is 0.222 e. The highest BCUT2D eigenvalue weighted by atomic mass is 27.0. The Bertz CT molecular complexity index is 60.7. The summed E-state index contributed by atoms with van der Waals surface area (Å²) >= 11 is 1.12. The van der Waals surface area contributed by atoms with E-state index in [0.717, 1.165) is 29.4 Å². The summed E-state index contributed by atoms with van der Waals surface area (Å²) < 4.78 is 0.597. The summed E-state index contributed by atoms with van der Waals surface area (Å²) in [6.45, 7) is 1.85. The number of nitrogens with one attached hydrogen (secondary N) is 1. The molecule has 3 heteroatoms. The molecule has 0 spiro atoms. The largest absolute Gasteiger partial charge is 0.393 e. The molecule has 0 saturated carbocycles. The van der Waals surface area contributed by atoms with Crippen molar-refractivity contribution < 1.29 is 5.11 Å². The lowest BCUT2D eigenvalue weighted by atomic mass is 10.3. The van der Waals surface area contributed by atoms with Crippen molar-refractivity contribution in [3.63, 3.8) is 0 Å². The van der Waals surface area contributed by atoms with E-state index in [-0.39, 0.29) is 6.10 Å². The molecule has 40 valence electrons. The van der Waals surface area contributed by atoms with Gasteiger partial charge in [0, 0.05) is 6.54 Å². The number of hydrogen-bond acceptors (Lipinski definition) is 2. The molecule has 1 aliphatic rings. The van der Waals surface area contributed by atoms with Gasteiger partial charge in [0.1, 0.15) is 0 Å². The molecular weight excluding hydrogens is 105 g/mol. The third-order valence-electron chi connectivity index (χ3n) is 1.48. The topological polar surface area (TPSA) is 32.3 Å². The highest BCUT2D eigenvalue weighted by Crippen LogP contribution is 2.08. The van der Waals surface area contributed by atoms with Crippen LogP contribution < -0.4 is 5.32 Å². The van der Waals surface area contributed by atoms with E-state index in [1.54, 1.807) is 0 Å². The maximum absolute atomic E-state index is 8.97. The van der Waals surface area contributed by atoms with Crippen molar-refractivity contribution in [3.05, 3.63) is 0 Å². The second-order valence-corrected chi connectivity index (χ2v) is 3.69. The van der Waals surface area contributed by atoms with Gasteiger partial charge in [-0.3, -0.25) is 0 Å². The van der Waals surface area contributed by atoms with Crippen molar-refractivity contribution in [2.24, 2.45) is 0 Å². The van der Waals surface area contributed by atoms with E-state index in [2.05, 4.69) is 5.32 Å². The van der Waals surface area contributed by atoms with Gasteiger partial charge in [0.15, 0.2) is 0 Å². The molecule has 0 aliphatic carbocycles. The lowest BCUT2D eigenvalue weighted by Crippen LogP contribution is -2.13. The summed E-state index contributed by atoms with van der Waals surface area (Å²) in [7, 11) is 0. The highest BCUT2D eigenvalue weighted by molar-refractivity contribution is 6.12. The molecule has 0 aromatic carbocycles. The molecule has 2 N–H and O–H groups in total. The second-order valence-electron chi connectivity index (χ2n) is 2.20. The molecule has 2 nitrogen and oxygen atoms in total. The van der Waals surface area contributed by atoms with Crippen LogP contribution in [0.15, 0.2) is 0 Å². The van der Waals surface area contributed by atoms with Crippen molar-refractivity contribution in [3.8, 4) is 0 Å². The van der Waals surface area contributed by atoms with Gasteiger partial charge in [-0.25, -0.2) is 0 Å². The number of hydrogen-bond donors (Lipinski definition) is 2. The molecular formula is C4H10AlNO. The van der Waals surface area contributed by atoms with Gasteiger partial charge in [-0.1, -0.05) is 4.78 Å². The minimum atomic E-state index is -0.0355. The summed E-state index contributed by atoms with van der Waals surface area (Å²) in [6, 6.07) is 0. The molecule has 0 aromatic rings. The number of rotatable bonds is 0. The molecule has 1 saturated heterocycles. The van der Waals surface area contributed by atoms with Crippen LogP contribution in [0.3, 0.4) is 0 Å². The fourth-order valence-corrected chi connectivity index (χ4v) is 1.32. The standard InChI is InChI=1S/C4H8NO.Al.2H/c6-4-1-2-5-3-4;;;/h1,4-6H,2-3H2;;;. The molecule has 2 unspecified atom stereocenters. The van der Waals surface area contributed by atoms with Gasteiger partial charge in [-0.05, 0) is 6.54 Å². The molecule has 1 heterocycles. The Kier molecular flexibility index (Phi) is 1.71. The van der Waals surface area contributed by atoms with E-state index in [9.17, 15) is 0 Å². The summed E-state index contributed by atoms with van der Waals surface area (Å²) in [5.74, 6) is 0. The van der Waals surface area contributed by atoms with E-state index < -0.39 is 0 Å². The van der Waals surface area contributed by atoms with Gasteiger partial charge in [-0.15, -0.1) is 0 Å². The van der Waals surface area contributed by atoms with E-state index in [4.69, 9.17) is 5.11 Å². The first-order chi connectivity index (χ1) is 3.30. The van der Waals surface area contributed by atoms with Crippen molar-refractivity contribution in [2.75, 3.05) is 13.1 Å². The van der Waals surface area contributed by atoms with Crippen LogP contribution in [0.2, 0.25) is 4.78 Å². The van der Waals surface area contributed by atoms with E-state index in [1.807, 2.05) is 0 Å². The highest BCUT2D eigenvalue weighted by Gasteiger charge is 2.18. The van der Waals surface area contributed by atoms with Crippen molar-refractivity contribution >= 4 is 16.3 Å². The third kappa shape index (κ3) is 1.17. The first kappa shape index (κ1) is 5.59. The SMILES string of the molecule is OC1CNC[CH]1[AlH2]. The summed E-state index contributed by atoms with van der Waals surface area (Å²) in [4.78, 5) is 0. The van der Waals surface area contributed by atoms with Crippen LogP contribution in [0, 0.1) is 0 Å². The predicted molar refractivity (Wildman–Crippen MR) is 31.2 cm³/mol.